The summed E-state index contributed by atoms with van der Waals surface area (Å²) in [6.45, 7) is 1.34. The number of hydrogen-bond donors (Lipinski definition) is 1. The molecule has 1 atom stereocenters. The minimum Gasteiger partial charge on any atom is -0.496 e. The van der Waals surface area contributed by atoms with Crippen LogP contribution >= 0.6 is 22.9 Å². The Morgan fingerprint density at radius 3 is 2.65 bits per heavy atom. The number of para-hydroxylation sites is 1. The van der Waals surface area contributed by atoms with Gasteiger partial charge in [-0.2, -0.15) is 0 Å². The average molecular weight is 311 g/mol. The van der Waals surface area contributed by atoms with Gasteiger partial charge in [0.15, 0.2) is 0 Å². The first-order valence-corrected chi connectivity index (χ1v) is 7.62. The third-order valence-electron chi connectivity index (χ3n) is 3.29. The molecule has 0 fully saturated rings. The molecule has 0 saturated heterocycles. The molecule has 1 heterocycles. The van der Waals surface area contributed by atoms with Crippen LogP contribution in [0.2, 0.25) is 4.34 Å². The third-order valence-corrected chi connectivity index (χ3v) is 4.62. The highest BCUT2D eigenvalue weighted by atomic mass is 35.5. The summed E-state index contributed by atoms with van der Waals surface area (Å²) in [5.74, 6) is 0.902. The maximum Gasteiger partial charge on any atom is 0.123 e. The van der Waals surface area contributed by atoms with Crippen molar-refractivity contribution < 1.29 is 4.74 Å². The van der Waals surface area contributed by atoms with Gasteiger partial charge in [0.1, 0.15) is 5.75 Å². The molecule has 20 heavy (non-hydrogen) atoms. The van der Waals surface area contributed by atoms with Gasteiger partial charge in [0.05, 0.1) is 17.5 Å². The molecule has 0 saturated carbocycles. The lowest BCUT2D eigenvalue weighted by atomic mass is 10.1. The number of ether oxygens (including phenoxy) is 1. The number of nitrogens with two attached hydrogens (primary N) is 1. The Morgan fingerprint density at radius 1 is 1.30 bits per heavy atom. The number of methoxy groups -OCH3 is 1. The second-order valence-corrected chi connectivity index (χ2v) is 6.37. The standard InChI is InChI=1S/C15H19ClN2OS/c1-18(10-11-5-3-4-6-13(11)19-2)12(9-17)14-7-8-15(16)20-14/h3-8,12H,9-10,17H2,1-2H3. The normalized spacial score (nSPS) is 12.7. The van der Waals surface area contributed by atoms with Gasteiger partial charge in [0.2, 0.25) is 0 Å². The van der Waals surface area contributed by atoms with Crippen LogP contribution in [-0.4, -0.2) is 25.6 Å². The number of nitrogens with zero attached hydrogens (tertiary/aromatic N) is 1. The second kappa shape index (κ2) is 7.09. The molecule has 0 spiro atoms. The smallest absolute Gasteiger partial charge is 0.123 e. The van der Waals surface area contributed by atoms with E-state index in [1.54, 1.807) is 18.4 Å². The van der Waals surface area contributed by atoms with Gasteiger partial charge in [-0.05, 0) is 25.2 Å². The Kier molecular flexibility index (Phi) is 5.43. The molecule has 0 aliphatic rings. The van der Waals surface area contributed by atoms with Crippen molar-refractivity contribution in [2.75, 3.05) is 20.7 Å². The van der Waals surface area contributed by atoms with Crippen molar-refractivity contribution in [1.82, 2.24) is 4.90 Å². The van der Waals surface area contributed by atoms with E-state index in [0.717, 1.165) is 22.2 Å². The zero-order valence-electron chi connectivity index (χ0n) is 11.7. The molecule has 2 aromatic rings. The predicted octanol–water partition coefficient (Wildman–Crippen LogP) is 3.54. The van der Waals surface area contributed by atoms with Gasteiger partial charge in [-0.3, -0.25) is 4.90 Å². The fraction of sp³-hybridized carbons (Fsp3) is 0.333. The van der Waals surface area contributed by atoms with Gasteiger partial charge in [0.25, 0.3) is 0 Å². The molecule has 2 rings (SSSR count). The molecule has 1 unspecified atom stereocenters. The van der Waals surface area contributed by atoms with E-state index < -0.39 is 0 Å². The lowest BCUT2D eigenvalue weighted by Crippen LogP contribution is -2.29. The lowest BCUT2D eigenvalue weighted by Gasteiger charge is -2.26. The molecule has 0 radical (unpaired) electrons. The zero-order valence-corrected chi connectivity index (χ0v) is 13.2. The molecular formula is C15H19ClN2OS. The lowest BCUT2D eigenvalue weighted by molar-refractivity contribution is 0.241. The van der Waals surface area contributed by atoms with Crippen molar-refractivity contribution in [3.63, 3.8) is 0 Å². The average Bonchev–Trinajstić information content (AvgIpc) is 2.86. The number of likely N-dealkylation sites (N-methyl/N-ethyl adjacent to an activating group) is 1. The highest BCUT2D eigenvalue weighted by Crippen LogP contribution is 2.31. The summed E-state index contributed by atoms with van der Waals surface area (Å²) < 4.78 is 6.19. The van der Waals surface area contributed by atoms with E-state index in [0.29, 0.717) is 6.54 Å². The minimum atomic E-state index is 0.164. The number of benzene rings is 1. The Hall–Kier alpha value is -1.07. The molecule has 3 nitrogen and oxygen atoms in total. The van der Waals surface area contributed by atoms with Crippen molar-refractivity contribution in [2.24, 2.45) is 5.73 Å². The summed E-state index contributed by atoms with van der Waals surface area (Å²) in [5.41, 5.74) is 7.08. The monoisotopic (exact) mass is 310 g/mol. The largest absolute Gasteiger partial charge is 0.496 e. The van der Waals surface area contributed by atoms with Crippen LogP contribution in [0, 0.1) is 0 Å². The van der Waals surface area contributed by atoms with Gasteiger partial charge in [-0.15, -0.1) is 11.3 Å². The zero-order chi connectivity index (χ0) is 14.5. The van der Waals surface area contributed by atoms with Crippen LogP contribution in [0.15, 0.2) is 36.4 Å². The van der Waals surface area contributed by atoms with Crippen LogP contribution in [0.25, 0.3) is 0 Å². The number of halogens is 1. The Bertz CT molecular complexity index is 558. The summed E-state index contributed by atoms with van der Waals surface area (Å²) in [7, 11) is 3.76. The van der Waals surface area contributed by atoms with Crippen molar-refractivity contribution in [3.05, 3.63) is 51.2 Å². The number of hydrogen-bond acceptors (Lipinski definition) is 4. The summed E-state index contributed by atoms with van der Waals surface area (Å²) in [6, 6.07) is 12.2. The fourth-order valence-electron chi connectivity index (χ4n) is 2.23. The van der Waals surface area contributed by atoms with Crippen LogP contribution in [0.5, 0.6) is 5.75 Å². The summed E-state index contributed by atoms with van der Waals surface area (Å²) >= 11 is 7.59. The molecule has 0 bridgehead atoms. The third kappa shape index (κ3) is 3.52. The molecule has 0 aliphatic carbocycles. The molecule has 2 N–H and O–H groups in total. The van der Waals surface area contributed by atoms with Crippen molar-refractivity contribution >= 4 is 22.9 Å². The maximum absolute atomic E-state index is 6.01. The van der Waals surface area contributed by atoms with E-state index >= 15 is 0 Å². The minimum absolute atomic E-state index is 0.164. The molecule has 5 heteroatoms. The predicted molar refractivity (Wildman–Crippen MR) is 85.6 cm³/mol. The molecule has 108 valence electrons. The first-order chi connectivity index (χ1) is 9.65. The number of rotatable bonds is 6. The summed E-state index contributed by atoms with van der Waals surface area (Å²) in [4.78, 5) is 3.41. The van der Waals surface area contributed by atoms with Crippen molar-refractivity contribution in [2.45, 2.75) is 12.6 Å². The van der Waals surface area contributed by atoms with Crippen LogP contribution in [0.1, 0.15) is 16.5 Å². The summed E-state index contributed by atoms with van der Waals surface area (Å²) in [6.07, 6.45) is 0. The van der Waals surface area contributed by atoms with E-state index in [4.69, 9.17) is 22.1 Å². The van der Waals surface area contributed by atoms with Gasteiger partial charge < -0.3 is 10.5 Å². The van der Waals surface area contributed by atoms with Crippen LogP contribution < -0.4 is 10.5 Å². The van der Waals surface area contributed by atoms with E-state index in [1.807, 2.05) is 30.3 Å². The van der Waals surface area contributed by atoms with E-state index in [-0.39, 0.29) is 6.04 Å². The topological polar surface area (TPSA) is 38.5 Å². The molecular weight excluding hydrogens is 292 g/mol. The highest BCUT2D eigenvalue weighted by Gasteiger charge is 2.18. The van der Waals surface area contributed by atoms with Crippen LogP contribution in [0.3, 0.4) is 0 Å². The fourth-order valence-corrected chi connectivity index (χ4v) is 3.47. The molecule has 0 amide bonds. The Labute approximate surface area is 128 Å². The molecule has 1 aromatic heterocycles. The van der Waals surface area contributed by atoms with Gasteiger partial charge >= 0.3 is 0 Å². The molecule has 0 aliphatic heterocycles. The Morgan fingerprint density at radius 2 is 2.05 bits per heavy atom. The quantitative estimate of drug-likeness (QED) is 0.887. The van der Waals surface area contributed by atoms with Crippen molar-refractivity contribution in [1.29, 1.82) is 0 Å². The van der Waals surface area contributed by atoms with E-state index in [9.17, 15) is 0 Å². The number of thiophene rings is 1. The Balaban J connectivity index is 2.15. The van der Waals surface area contributed by atoms with E-state index in [1.165, 1.54) is 4.88 Å². The summed E-state index contributed by atoms with van der Waals surface area (Å²) in [5, 5.41) is 0. The van der Waals surface area contributed by atoms with Gasteiger partial charge in [-0.25, -0.2) is 0 Å². The SMILES string of the molecule is COc1ccccc1CN(C)C(CN)c1ccc(Cl)s1. The highest BCUT2D eigenvalue weighted by molar-refractivity contribution is 7.16. The van der Waals surface area contributed by atoms with Crippen LogP contribution in [-0.2, 0) is 6.54 Å². The first kappa shape index (κ1) is 15.3. The second-order valence-electron chi connectivity index (χ2n) is 4.62. The van der Waals surface area contributed by atoms with Gasteiger partial charge in [-0.1, -0.05) is 29.8 Å². The maximum atomic E-state index is 6.01. The van der Waals surface area contributed by atoms with Crippen molar-refractivity contribution in [3.8, 4) is 5.75 Å². The van der Waals surface area contributed by atoms with Gasteiger partial charge in [0, 0.05) is 23.5 Å². The first-order valence-electron chi connectivity index (χ1n) is 6.43. The van der Waals surface area contributed by atoms with E-state index in [2.05, 4.69) is 18.0 Å². The van der Waals surface area contributed by atoms with Crippen LogP contribution in [0.4, 0.5) is 0 Å². The molecule has 1 aromatic carbocycles.